The van der Waals surface area contributed by atoms with E-state index in [1.54, 1.807) is 23.0 Å². The first-order valence-corrected chi connectivity index (χ1v) is 11.7. The van der Waals surface area contributed by atoms with Crippen LogP contribution in [0.1, 0.15) is 54.8 Å². The molecular formula is C26H23F2N5O2. The number of carbonyl (C=O) groups is 1. The number of hydroxylamine groups is 2. The maximum absolute atomic E-state index is 14.2. The fourth-order valence-electron chi connectivity index (χ4n) is 5.18. The Balaban J connectivity index is 1.22. The molecule has 0 unspecified atom stereocenters. The summed E-state index contributed by atoms with van der Waals surface area (Å²) in [5.41, 5.74) is 1.48. The summed E-state index contributed by atoms with van der Waals surface area (Å²) in [6.07, 6.45) is 5.23. The van der Waals surface area contributed by atoms with Crippen LogP contribution in [-0.2, 0) is 16.2 Å². The number of carbonyl (C=O) groups excluding carboxylic acids is 1. The number of amides is 1. The van der Waals surface area contributed by atoms with E-state index in [1.165, 1.54) is 23.3 Å². The van der Waals surface area contributed by atoms with Crippen LogP contribution in [0, 0.1) is 46.1 Å². The number of hydrogen-bond acceptors (Lipinski definition) is 5. The summed E-state index contributed by atoms with van der Waals surface area (Å²) < 4.78 is 29.9. The lowest BCUT2D eigenvalue weighted by atomic mass is 9.81. The molecule has 2 aromatic carbocycles. The van der Waals surface area contributed by atoms with Crippen molar-refractivity contribution in [3.63, 3.8) is 0 Å². The van der Waals surface area contributed by atoms with Gasteiger partial charge in [-0.05, 0) is 67.5 Å². The average Bonchev–Trinajstić information content (AvgIpc) is 3.51. The number of hydrogen-bond donors (Lipinski definition) is 0. The van der Waals surface area contributed by atoms with Crippen LogP contribution in [0.4, 0.5) is 8.78 Å². The van der Waals surface area contributed by atoms with Crippen molar-refractivity contribution in [3.8, 4) is 12.1 Å². The van der Waals surface area contributed by atoms with Crippen LogP contribution in [-0.4, -0.2) is 27.4 Å². The van der Waals surface area contributed by atoms with Gasteiger partial charge in [-0.1, -0.05) is 0 Å². The van der Waals surface area contributed by atoms with Gasteiger partial charge in [0.15, 0.2) is 0 Å². The Hall–Kier alpha value is -3.82. The van der Waals surface area contributed by atoms with E-state index >= 15 is 0 Å². The number of benzene rings is 2. The Kier molecular flexibility index (Phi) is 6.19. The van der Waals surface area contributed by atoms with E-state index in [-0.39, 0.29) is 23.0 Å². The number of aromatic nitrogens is 2. The minimum absolute atomic E-state index is 0.107. The lowest BCUT2D eigenvalue weighted by Gasteiger charge is -2.32. The first-order chi connectivity index (χ1) is 16.9. The molecule has 5 rings (SSSR count). The van der Waals surface area contributed by atoms with E-state index in [9.17, 15) is 13.6 Å². The van der Waals surface area contributed by atoms with Gasteiger partial charge >= 0.3 is 0 Å². The van der Waals surface area contributed by atoms with E-state index in [2.05, 4.69) is 5.10 Å². The third-order valence-electron chi connectivity index (χ3n) is 6.95. The van der Waals surface area contributed by atoms with Gasteiger partial charge in [0.1, 0.15) is 11.6 Å². The molecule has 0 spiro atoms. The monoisotopic (exact) mass is 475 g/mol. The van der Waals surface area contributed by atoms with Crippen molar-refractivity contribution in [2.24, 2.45) is 11.8 Å². The van der Waals surface area contributed by atoms with Gasteiger partial charge in [-0.15, -0.1) is 0 Å². The molecule has 1 saturated heterocycles. The standard InChI is InChI=1S/C26H23F2N5O2/c27-21-8-17(12-29)7-20(11-21)25-5-6-35-33(25)26(34)19-3-1-16(2-4-19)14-32-15-22-23(28)9-18(13-30)10-24(22)31-32/h7-11,15-16,19,25H,1-6,14H2/t16?,19?,25-/m0/s1. The molecule has 1 aliphatic carbocycles. The molecule has 1 aliphatic heterocycles. The average molecular weight is 475 g/mol. The number of halogens is 2. The summed E-state index contributed by atoms with van der Waals surface area (Å²) in [6, 6.07) is 10.4. The van der Waals surface area contributed by atoms with Crippen molar-refractivity contribution in [1.29, 1.82) is 10.5 Å². The summed E-state index contributed by atoms with van der Waals surface area (Å²) >= 11 is 0. The van der Waals surface area contributed by atoms with Crippen molar-refractivity contribution in [2.45, 2.75) is 44.7 Å². The Morgan fingerprint density at radius 1 is 1.03 bits per heavy atom. The minimum atomic E-state index is -0.506. The normalized spacial score (nSPS) is 22.2. The van der Waals surface area contributed by atoms with Crippen LogP contribution in [0.2, 0.25) is 0 Å². The fraction of sp³-hybridized carbons (Fsp3) is 0.385. The van der Waals surface area contributed by atoms with Gasteiger partial charge in [-0.3, -0.25) is 14.3 Å². The fourth-order valence-corrected chi connectivity index (χ4v) is 5.18. The van der Waals surface area contributed by atoms with Crippen LogP contribution >= 0.6 is 0 Å². The smallest absolute Gasteiger partial charge is 0.249 e. The number of nitriles is 2. The molecule has 0 radical (unpaired) electrons. The van der Waals surface area contributed by atoms with Crippen LogP contribution in [0.25, 0.3) is 10.9 Å². The third kappa shape index (κ3) is 4.60. The minimum Gasteiger partial charge on any atom is -0.272 e. The zero-order chi connectivity index (χ0) is 24.5. The van der Waals surface area contributed by atoms with E-state index in [1.807, 2.05) is 12.1 Å². The maximum Gasteiger partial charge on any atom is 0.249 e. The third-order valence-corrected chi connectivity index (χ3v) is 6.95. The summed E-state index contributed by atoms with van der Waals surface area (Å²) in [7, 11) is 0. The van der Waals surface area contributed by atoms with Gasteiger partial charge in [0.2, 0.25) is 5.91 Å². The molecule has 35 heavy (non-hydrogen) atoms. The highest BCUT2D eigenvalue weighted by atomic mass is 19.1. The van der Waals surface area contributed by atoms with E-state index in [4.69, 9.17) is 15.4 Å². The van der Waals surface area contributed by atoms with Gasteiger partial charge in [0.05, 0.1) is 46.8 Å². The second-order valence-electron chi connectivity index (χ2n) is 9.26. The van der Waals surface area contributed by atoms with E-state index < -0.39 is 17.7 Å². The van der Waals surface area contributed by atoms with Crippen molar-refractivity contribution in [1.82, 2.24) is 14.8 Å². The zero-order valence-corrected chi connectivity index (χ0v) is 19.0. The molecule has 178 valence electrons. The quantitative estimate of drug-likeness (QED) is 0.542. The van der Waals surface area contributed by atoms with Gasteiger partial charge in [-0.25, -0.2) is 13.8 Å². The van der Waals surface area contributed by atoms with Crippen molar-refractivity contribution in [3.05, 3.63) is 64.9 Å². The SMILES string of the molecule is N#Cc1cc(F)cc([C@@H]2CCON2C(=O)C2CCC(Cn3cc4c(F)cc(C#N)cc4n3)CC2)c1. The molecule has 2 aliphatic rings. The Morgan fingerprint density at radius 3 is 2.51 bits per heavy atom. The molecule has 2 fully saturated rings. The van der Waals surface area contributed by atoms with Crippen LogP contribution in [0.5, 0.6) is 0 Å². The predicted octanol–water partition coefficient (Wildman–Crippen LogP) is 4.77. The van der Waals surface area contributed by atoms with Gasteiger partial charge in [0.25, 0.3) is 0 Å². The first-order valence-electron chi connectivity index (χ1n) is 11.7. The molecule has 9 heteroatoms. The second-order valence-corrected chi connectivity index (χ2v) is 9.26. The van der Waals surface area contributed by atoms with Gasteiger partial charge in [-0.2, -0.15) is 15.6 Å². The molecule has 0 bridgehead atoms. The molecule has 7 nitrogen and oxygen atoms in total. The molecule has 1 aromatic heterocycles. The summed E-state index contributed by atoms with van der Waals surface area (Å²) in [4.78, 5) is 18.9. The maximum atomic E-state index is 14.2. The highest BCUT2D eigenvalue weighted by molar-refractivity contribution is 5.80. The lowest BCUT2D eigenvalue weighted by Crippen LogP contribution is -2.37. The number of fused-ring (bicyclic) bond motifs is 1. The molecule has 3 aromatic rings. The topological polar surface area (TPSA) is 94.9 Å². The van der Waals surface area contributed by atoms with Crippen molar-refractivity contribution < 1.29 is 18.4 Å². The number of rotatable bonds is 4. The van der Waals surface area contributed by atoms with Crippen LogP contribution < -0.4 is 0 Å². The molecule has 1 saturated carbocycles. The first kappa shape index (κ1) is 22.9. The lowest BCUT2D eigenvalue weighted by molar-refractivity contribution is -0.183. The van der Waals surface area contributed by atoms with E-state index in [0.29, 0.717) is 54.8 Å². The summed E-state index contributed by atoms with van der Waals surface area (Å²) in [5.74, 6) is -0.967. The largest absolute Gasteiger partial charge is 0.272 e. The molecule has 1 atom stereocenters. The Labute approximate surface area is 201 Å². The highest BCUT2D eigenvalue weighted by Gasteiger charge is 2.37. The predicted molar refractivity (Wildman–Crippen MR) is 121 cm³/mol. The summed E-state index contributed by atoms with van der Waals surface area (Å²) in [5, 5.41) is 24.4. The summed E-state index contributed by atoms with van der Waals surface area (Å²) in [6.45, 7) is 0.973. The molecule has 2 heterocycles. The highest BCUT2D eigenvalue weighted by Crippen LogP contribution is 2.37. The Bertz CT molecular complexity index is 1360. The van der Waals surface area contributed by atoms with Gasteiger partial charge < -0.3 is 0 Å². The number of nitrogens with zero attached hydrogens (tertiary/aromatic N) is 5. The molecular weight excluding hydrogens is 452 g/mol. The zero-order valence-electron chi connectivity index (χ0n) is 19.0. The van der Waals surface area contributed by atoms with Crippen molar-refractivity contribution >= 4 is 16.8 Å². The van der Waals surface area contributed by atoms with Crippen molar-refractivity contribution in [2.75, 3.05) is 6.61 Å². The van der Waals surface area contributed by atoms with Crippen LogP contribution in [0.3, 0.4) is 0 Å². The van der Waals surface area contributed by atoms with Gasteiger partial charge in [0, 0.05) is 25.1 Å². The van der Waals surface area contributed by atoms with Crippen LogP contribution in [0.15, 0.2) is 36.5 Å². The Morgan fingerprint density at radius 2 is 1.77 bits per heavy atom. The molecule has 1 amide bonds. The van der Waals surface area contributed by atoms with E-state index in [0.717, 1.165) is 12.8 Å². The second kappa shape index (κ2) is 9.44. The molecule has 0 N–H and O–H groups in total.